The van der Waals surface area contributed by atoms with Gasteiger partial charge in [0.2, 0.25) is 0 Å². The van der Waals surface area contributed by atoms with Gasteiger partial charge in [0.1, 0.15) is 5.82 Å². The third-order valence-corrected chi connectivity index (χ3v) is 5.60. The Bertz CT molecular complexity index is 808. The molecule has 2 rings (SSSR count). The van der Waals surface area contributed by atoms with E-state index in [0.717, 1.165) is 47.5 Å². The first-order valence-electron chi connectivity index (χ1n) is 10.5. The number of likely N-dealkylation sites (N-methyl/N-ethyl adjacent to an activating group) is 1. The van der Waals surface area contributed by atoms with Crippen molar-refractivity contribution in [2.45, 2.75) is 44.0 Å². The predicted molar refractivity (Wildman–Crippen MR) is 127 cm³/mol. The number of aromatic nitrogens is 2. The van der Waals surface area contributed by atoms with Gasteiger partial charge < -0.3 is 15.1 Å². The average Bonchev–Trinajstić information content (AvgIpc) is 2.72. The van der Waals surface area contributed by atoms with E-state index in [2.05, 4.69) is 44.1 Å². The summed E-state index contributed by atoms with van der Waals surface area (Å²) in [7, 11) is 6.06. The van der Waals surface area contributed by atoms with Crippen molar-refractivity contribution in [2.75, 3.05) is 45.7 Å². The summed E-state index contributed by atoms with van der Waals surface area (Å²) in [4.78, 5) is 25.9. The summed E-state index contributed by atoms with van der Waals surface area (Å²) in [5.41, 5.74) is 2.89. The molecule has 0 aliphatic carbocycles. The maximum Gasteiger partial charge on any atom is 0.251 e. The number of anilines is 1. The van der Waals surface area contributed by atoms with E-state index in [9.17, 15) is 4.79 Å². The van der Waals surface area contributed by atoms with Crippen LogP contribution < -0.4 is 10.2 Å². The fourth-order valence-corrected chi connectivity index (χ4v) is 3.65. The zero-order chi connectivity index (χ0) is 22.1. The second kappa shape index (κ2) is 11.9. The largest absolute Gasteiger partial charge is 0.360 e. The highest BCUT2D eigenvalue weighted by Crippen LogP contribution is 2.25. The Balaban J connectivity index is 2.01. The Morgan fingerprint density at radius 2 is 1.80 bits per heavy atom. The summed E-state index contributed by atoms with van der Waals surface area (Å²) in [6.45, 7) is 8.91. The highest BCUT2D eigenvalue weighted by molar-refractivity contribution is 7.98. The molecule has 0 bridgehead atoms. The molecule has 1 heterocycles. The van der Waals surface area contributed by atoms with Crippen LogP contribution in [0.25, 0.3) is 0 Å². The molecule has 0 saturated carbocycles. The zero-order valence-electron chi connectivity index (χ0n) is 19.1. The lowest BCUT2D eigenvalue weighted by Crippen LogP contribution is -2.31. The van der Waals surface area contributed by atoms with Gasteiger partial charge in [-0.2, -0.15) is 0 Å². The van der Waals surface area contributed by atoms with Gasteiger partial charge in [-0.3, -0.25) is 4.79 Å². The quantitative estimate of drug-likeness (QED) is 0.430. The molecule has 0 unspecified atom stereocenters. The number of carbonyl (C=O) groups excluding carboxylic acids is 1. The first kappa shape index (κ1) is 24.2. The van der Waals surface area contributed by atoms with E-state index in [1.807, 2.05) is 43.3 Å². The third kappa shape index (κ3) is 7.61. The lowest BCUT2D eigenvalue weighted by atomic mass is 10.1. The zero-order valence-corrected chi connectivity index (χ0v) is 19.9. The van der Waals surface area contributed by atoms with E-state index >= 15 is 0 Å². The molecule has 1 N–H and O–H groups in total. The van der Waals surface area contributed by atoms with Gasteiger partial charge in [0, 0.05) is 49.8 Å². The van der Waals surface area contributed by atoms with Crippen molar-refractivity contribution < 1.29 is 4.79 Å². The molecule has 0 aliphatic rings. The summed E-state index contributed by atoms with van der Waals surface area (Å²) >= 11 is 1.63. The molecule has 30 heavy (non-hydrogen) atoms. The van der Waals surface area contributed by atoms with Gasteiger partial charge in [-0.25, -0.2) is 9.97 Å². The van der Waals surface area contributed by atoms with Crippen molar-refractivity contribution in [3.05, 3.63) is 47.2 Å². The predicted octanol–water partition coefficient (Wildman–Crippen LogP) is 4.03. The summed E-state index contributed by atoms with van der Waals surface area (Å²) in [5.74, 6) is 2.06. The van der Waals surface area contributed by atoms with Crippen LogP contribution in [0.4, 0.5) is 5.82 Å². The summed E-state index contributed by atoms with van der Waals surface area (Å²) in [5, 5.41) is 3.74. The fraction of sp³-hybridized carbons (Fsp3) is 0.522. The maximum absolute atomic E-state index is 12.2. The van der Waals surface area contributed by atoms with Crippen molar-refractivity contribution in [1.82, 2.24) is 20.2 Å². The second-order valence-corrected chi connectivity index (χ2v) is 9.00. The van der Waals surface area contributed by atoms with Crippen LogP contribution in [-0.2, 0) is 5.75 Å². The average molecular weight is 430 g/mol. The molecule has 0 aliphatic heterocycles. The lowest BCUT2D eigenvalue weighted by Gasteiger charge is -2.19. The van der Waals surface area contributed by atoms with Gasteiger partial charge >= 0.3 is 0 Å². The standard InChI is InChI=1S/C23H35N5OS/c1-7-13-28(6)21-15-20(17(2)3)25-23(26-21)30-16-18-8-10-19(11-9-18)22(29)24-12-14-27(4)5/h8-11,15,17H,7,12-14,16H2,1-6H3,(H,24,29). The normalized spacial score (nSPS) is 11.2. The van der Waals surface area contributed by atoms with Crippen LogP contribution in [0.5, 0.6) is 0 Å². The maximum atomic E-state index is 12.2. The van der Waals surface area contributed by atoms with Crippen LogP contribution in [0.3, 0.4) is 0 Å². The minimum absolute atomic E-state index is 0.0346. The molecule has 1 aromatic heterocycles. The van der Waals surface area contributed by atoms with Gasteiger partial charge in [-0.15, -0.1) is 0 Å². The van der Waals surface area contributed by atoms with Gasteiger partial charge in [0.05, 0.1) is 0 Å². The van der Waals surface area contributed by atoms with E-state index in [-0.39, 0.29) is 5.91 Å². The molecule has 0 saturated heterocycles. The van der Waals surface area contributed by atoms with E-state index < -0.39 is 0 Å². The Morgan fingerprint density at radius 3 is 2.40 bits per heavy atom. The monoisotopic (exact) mass is 429 g/mol. The van der Waals surface area contributed by atoms with E-state index in [4.69, 9.17) is 9.97 Å². The molecule has 0 radical (unpaired) electrons. The number of amides is 1. The van der Waals surface area contributed by atoms with Crippen molar-refractivity contribution in [1.29, 1.82) is 0 Å². The first-order valence-corrected chi connectivity index (χ1v) is 11.5. The minimum atomic E-state index is -0.0346. The number of rotatable bonds is 11. The molecule has 1 amide bonds. The van der Waals surface area contributed by atoms with E-state index in [0.29, 0.717) is 18.0 Å². The molecule has 0 fully saturated rings. The van der Waals surface area contributed by atoms with Gasteiger partial charge in [0.25, 0.3) is 5.91 Å². The second-order valence-electron chi connectivity index (χ2n) is 8.05. The highest BCUT2D eigenvalue weighted by Gasteiger charge is 2.12. The summed E-state index contributed by atoms with van der Waals surface area (Å²) < 4.78 is 0. The number of carbonyl (C=O) groups is 1. The third-order valence-electron chi connectivity index (χ3n) is 4.68. The number of benzene rings is 1. The molecule has 7 heteroatoms. The highest BCUT2D eigenvalue weighted by atomic mass is 32.2. The molecule has 2 aromatic rings. The minimum Gasteiger partial charge on any atom is -0.360 e. The molecular formula is C23H35N5OS. The van der Waals surface area contributed by atoms with Gasteiger partial charge in [-0.05, 0) is 44.1 Å². The van der Waals surface area contributed by atoms with Gasteiger partial charge in [-0.1, -0.05) is 44.7 Å². The number of hydrogen-bond donors (Lipinski definition) is 1. The summed E-state index contributed by atoms with van der Waals surface area (Å²) in [6.07, 6.45) is 1.08. The number of thioether (sulfide) groups is 1. The Morgan fingerprint density at radius 1 is 1.10 bits per heavy atom. The lowest BCUT2D eigenvalue weighted by molar-refractivity contribution is 0.0951. The molecule has 0 spiro atoms. The molecule has 0 atom stereocenters. The van der Waals surface area contributed by atoms with Crippen LogP contribution in [0.15, 0.2) is 35.5 Å². The number of nitrogens with zero attached hydrogens (tertiary/aromatic N) is 4. The molecule has 1 aromatic carbocycles. The topological polar surface area (TPSA) is 61.4 Å². The van der Waals surface area contributed by atoms with Crippen LogP contribution in [-0.4, -0.2) is 61.6 Å². The van der Waals surface area contributed by atoms with Crippen LogP contribution in [0.1, 0.15) is 54.7 Å². The smallest absolute Gasteiger partial charge is 0.251 e. The van der Waals surface area contributed by atoms with Crippen molar-refractivity contribution in [3.8, 4) is 0 Å². The van der Waals surface area contributed by atoms with Crippen LogP contribution in [0, 0.1) is 0 Å². The Kier molecular flexibility index (Phi) is 9.59. The molecule has 164 valence electrons. The number of nitrogens with one attached hydrogen (secondary N) is 1. The molecular weight excluding hydrogens is 394 g/mol. The van der Waals surface area contributed by atoms with Crippen molar-refractivity contribution in [2.24, 2.45) is 0 Å². The molecule has 6 nitrogen and oxygen atoms in total. The van der Waals surface area contributed by atoms with Gasteiger partial charge in [0.15, 0.2) is 5.16 Å². The summed E-state index contributed by atoms with van der Waals surface area (Å²) in [6, 6.07) is 9.86. The van der Waals surface area contributed by atoms with Crippen molar-refractivity contribution in [3.63, 3.8) is 0 Å². The van der Waals surface area contributed by atoms with Crippen molar-refractivity contribution >= 4 is 23.5 Å². The Labute approximate surface area is 185 Å². The Hall–Kier alpha value is -2.12. The van der Waals surface area contributed by atoms with Crippen LogP contribution in [0.2, 0.25) is 0 Å². The van der Waals surface area contributed by atoms with E-state index in [1.54, 1.807) is 11.8 Å². The first-order chi connectivity index (χ1) is 14.3. The number of hydrogen-bond acceptors (Lipinski definition) is 6. The van der Waals surface area contributed by atoms with E-state index in [1.165, 1.54) is 0 Å². The fourth-order valence-electron chi connectivity index (χ4n) is 2.83. The SMILES string of the molecule is CCCN(C)c1cc(C(C)C)nc(SCc2ccc(C(=O)NCCN(C)C)cc2)n1. The van der Waals surface area contributed by atoms with Crippen LogP contribution >= 0.6 is 11.8 Å².